The van der Waals surface area contributed by atoms with Crippen molar-refractivity contribution in [3.05, 3.63) is 33.6 Å². The number of methoxy groups -OCH3 is 1. The van der Waals surface area contributed by atoms with Crippen LogP contribution < -0.4 is 0 Å². The van der Waals surface area contributed by atoms with Gasteiger partial charge in [0.15, 0.2) is 0 Å². The average Bonchev–Trinajstić information content (AvgIpc) is 2.17. The summed E-state index contributed by atoms with van der Waals surface area (Å²) in [5.41, 5.74) is 1.51. The van der Waals surface area contributed by atoms with Crippen LogP contribution in [0.5, 0.6) is 0 Å². The lowest BCUT2D eigenvalue weighted by Crippen LogP contribution is -2.11. The number of hydrogen-bond donors (Lipinski definition) is 0. The Morgan fingerprint density at radius 3 is 2.88 bits per heavy atom. The molecular weight excluding hydrogens is 276 g/mol. The number of nitrogens with zero attached hydrogens (tertiary/aromatic N) is 2. The Kier molecular flexibility index (Phi) is 4.82. The first kappa shape index (κ1) is 13.1. The molecule has 0 aliphatic rings. The molecule has 0 N–H and O–H groups in total. The molecule has 0 amide bonds. The monoisotopic (exact) mass is 288 g/mol. The Balaban J connectivity index is 2.77. The highest BCUT2D eigenvalue weighted by molar-refractivity contribution is 9.09. The van der Waals surface area contributed by atoms with Crippen molar-refractivity contribution in [3.63, 3.8) is 0 Å². The molecule has 88 valence electrons. The number of hydrogen-bond acceptors (Lipinski definition) is 4. The van der Waals surface area contributed by atoms with Gasteiger partial charge in [0, 0.05) is 29.6 Å². The molecule has 0 radical (unpaired) electrons. The van der Waals surface area contributed by atoms with Crippen LogP contribution in [0.1, 0.15) is 11.3 Å². The standard InChI is InChI=1S/C10H13BrN2O3/c1-7-3-9(4-8(11)6-16-2)12-5-10(7)13(14)15/h3,5,8H,4,6H2,1-2H3. The van der Waals surface area contributed by atoms with E-state index >= 15 is 0 Å². The van der Waals surface area contributed by atoms with E-state index < -0.39 is 4.92 Å². The fourth-order valence-corrected chi connectivity index (χ4v) is 1.97. The van der Waals surface area contributed by atoms with E-state index in [0.29, 0.717) is 18.6 Å². The first-order chi connectivity index (χ1) is 7.54. The van der Waals surface area contributed by atoms with Crippen LogP contribution in [0, 0.1) is 17.0 Å². The zero-order chi connectivity index (χ0) is 12.1. The predicted octanol–water partition coefficient (Wildman–Crippen LogP) is 2.25. The Morgan fingerprint density at radius 2 is 2.38 bits per heavy atom. The quantitative estimate of drug-likeness (QED) is 0.474. The summed E-state index contributed by atoms with van der Waals surface area (Å²) in [6, 6.07) is 1.74. The second-order valence-electron chi connectivity index (χ2n) is 3.48. The molecule has 5 nitrogen and oxygen atoms in total. The highest BCUT2D eigenvalue weighted by Gasteiger charge is 2.13. The van der Waals surface area contributed by atoms with Gasteiger partial charge in [-0.25, -0.2) is 0 Å². The van der Waals surface area contributed by atoms with Gasteiger partial charge in [0.1, 0.15) is 6.20 Å². The van der Waals surface area contributed by atoms with Crippen LogP contribution >= 0.6 is 15.9 Å². The fraction of sp³-hybridized carbons (Fsp3) is 0.500. The highest BCUT2D eigenvalue weighted by atomic mass is 79.9. The van der Waals surface area contributed by atoms with Crippen molar-refractivity contribution in [1.82, 2.24) is 4.98 Å². The molecule has 1 rings (SSSR count). The lowest BCUT2D eigenvalue weighted by atomic mass is 10.1. The summed E-state index contributed by atoms with van der Waals surface area (Å²) in [7, 11) is 1.63. The van der Waals surface area contributed by atoms with Gasteiger partial charge in [-0.05, 0) is 13.0 Å². The number of aromatic nitrogens is 1. The third-order valence-electron chi connectivity index (χ3n) is 2.11. The lowest BCUT2D eigenvalue weighted by molar-refractivity contribution is -0.385. The van der Waals surface area contributed by atoms with Gasteiger partial charge in [-0.1, -0.05) is 15.9 Å². The number of halogens is 1. The lowest BCUT2D eigenvalue weighted by Gasteiger charge is -2.08. The molecule has 0 aliphatic heterocycles. The minimum absolute atomic E-state index is 0.0570. The van der Waals surface area contributed by atoms with Gasteiger partial charge in [-0.15, -0.1) is 0 Å². The second-order valence-corrected chi connectivity index (χ2v) is 4.77. The summed E-state index contributed by atoms with van der Waals surface area (Å²) in [4.78, 5) is 14.4. The van der Waals surface area contributed by atoms with Gasteiger partial charge in [0.2, 0.25) is 0 Å². The molecule has 1 unspecified atom stereocenters. The van der Waals surface area contributed by atoms with E-state index in [9.17, 15) is 10.1 Å². The largest absolute Gasteiger partial charge is 0.384 e. The number of ether oxygens (including phenoxy) is 1. The van der Waals surface area contributed by atoms with Crippen molar-refractivity contribution >= 4 is 21.6 Å². The molecule has 0 aliphatic carbocycles. The number of alkyl halides is 1. The number of rotatable bonds is 5. The van der Waals surface area contributed by atoms with Gasteiger partial charge in [-0.3, -0.25) is 15.1 Å². The fourth-order valence-electron chi connectivity index (χ4n) is 1.38. The summed E-state index contributed by atoms with van der Waals surface area (Å²) in [6.45, 7) is 2.29. The van der Waals surface area contributed by atoms with Crippen molar-refractivity contribution in [3.8, 4) is 0 Å². The van der Waals surface area contributed by atoms with Gasteiger partial charge in [0.05, 0.1) is 11.5 Å². The minimum Gasteiger partial charge on any atom is -0.384 e. The molecule has 1 atom stereocenters. The number of pyridine rings is 1. The summed E-state index contributed by atoms with van der Waals surface area (Å²) in [5, 5.41) is 10.6. The topological polar surface area (TPSA) is 65.3 Å². The first-order valence-electron chi connectivity index (χ1n) is 4.77. The maximum absolute atomic E-state index is 10.6. The predicted molar refractivity (Wildman–Crippen MR) is 63.9 cm³/mol. The normalized spacial score (nSPS) is 12.4. The summed E-state index contributed by atoms with van der Waals surface area (Å²) < 4.78 is 4.99. The Bertz CT molecular complexity index is 384. The molecule has 6 heteroatoms. The van der Waals surface area contributed by atoms with Crippen molar-refractivity contribution in [1.29, 1.82) is 0 Å². The van der Waals surface area contributed by atoms with E-state index in [0.717, 1.165) is 5.69 Å². The van der Waals surface area contributed by atoms with Gasteiger partial charge in [0.25, 0.3) is 5.69 Å². The summed E-state index contributed by atoms with van der Waals surface area (Å²) in [6.07, 6.45) is 1.99. The maximum atomic E-state index is 10.6. The summed E-state index contributed by atoms with van der Waals surface area (Å²) in [5.74, 6) is 0. The number of nitro groups is 1. The van der Waals surface area contributed by atoms with Gasteiger partial charge in [-0.2, -0.15) is 0 Å². The third kappa shape index (κ3) is 3.53. The molecule has 0 fully saturated rings. The molecule has 0 spiro atoms. The van der Waals surface area contributed by atoms with Crippen LogP contribution in [-0.4, -0.2) is 28.5 Å². The van der Waals surface area contributed by atoms with E-state index in [2.05, 4.69) is 20.9 Å². The molecule has 0 saturated heterocycles. The first-order valence-corrected chi connectivity index (χ1v) is 5.69. The van der Waals surface area contributed by atoms with Crippen LogP contribution in [0.3, 0.4) is 0 Å². The van der Waals surface area contributed by atoms with Crippen LogP contribution in [-0.2, 0) is 11.2 Å². The molecule has 1 aromatic heterocycles. The van der Waals surface area contributed by atoms with E-state index in [4.69, 9.17) is 4.74 Å². The SMILES string of the molecule is COCC(Br)Cc1cc(C)c([N+](=O)[O-])cn1. The molecule has 1 heterocycles. The molecular formula is C10H13BrN2O3. The van der Waals surface area contributed by atoms with Crippen molar-refractivity contribution in [2.45, 2.75) is 18.2 Å². The van der Waals surface area contributed by atoms with E-state index in [1.165, 1.54) is 6.20 Å². The van der Waals surface area contributed by atoms with E-state index in [1.807, 2.05) is 0 Å². The van der Waals surface area contributed by atoms with Gasteiger partial charge >= 0.3 is 0 Å². The van der Waals surface area contributed by atoms with Crippen LogP contribution in [0.2, 0.25) is 0 Å². The Hall–Kier alpha value is -1.01. The van der Waals surface area contributed by atoms with Crippen molar-refractivity contribution in [2.24, 2.45) is 0 Å². The molecule has 0 bridgehead atoms. The van der Waals surface area contributed by atoms with Crippen LogP contribution in [0.4, 0.5) is 5.69 Å². The molecule has 1 aromatic rings. The van der Waals surface area contributed by atoms with E-state index in [-0.39, 0.29) is 10.5 Å². The van der Waals surface area contributed by atoms with Crippen molar-refractivity contribution in [2.75, 3.05) is 13.7 Å². The molecule has 0 saturated carbocycles. The zero-order valence-corrected chi connectivity index (χ0v) is 10.7. The molecule has 16 heavy (non-hydrogen) atoms. The Morgan fingerprint density at radius 1 is 1.69 bits per heavy atom. The van der Waals surface area contributed by atoms with Gasteiger partial charge < -0.3 is 4.74 Å². The van der Waals surface area contributed by atoms with Crippen LogP contribution in [0.25, 0.3) is 0 Å². The smallest absolute Gasteiger partial charge is 0.290 e. The zero-order valence-electron chi connectivity index (χ0n) is 9.14. The Labute approximate surface area is 102 Å². The third-order valence-corrected chi connectivity index (χ3v) is 2.70. The number of aryl methyl sites for hydroxylation is 1. The average molecular weight is 289 g/mol. The van der Waals surface area contributed by atoms with Crippen molar-refractivity contribution < 1.29 is 9.66 Å². The minimum atomic E-state index is -0.424. The second kappa shape index (κ2) is 5.91. The van der Waals surface area contributed by atoms with E-state index in [1.54, 1.807) is 20.1 Å². The molecule has 0 aromatic carbocycles. The van der Waals surface area contributed by atoms with Crippen LogP contribution in [0.15, 0.2) is 12.3 Å². The highest BCUT2D eigenvalue weighted by Crippen LogP contribution is 2.18. The maximum Gasteiger partial charge on any atom is 0.290 e. The summed E-state index contributed by atoms with van der Waals surface area (Å²) >= 11 is 3.45.